The van der Waals surface area contributed by atoms with E-state index in [1.54, 1.807) is 24.3 Å². The highest BCUT2D eigenvalue weighted by molar-refractivity contribution is 5.90. The molecule has 1 saturated carbocycles. The Kier molecular flexibility index (Phi) is 5.16. The van der Waals surface area contributed by atoms with Gasteiger partial charge in [-0.3, -0.25) is 9.59 Å². The molecule has 4 nitrogen and oxygen atoms in total. The van der Waals surface area contributed by atoms with Gasteiger partial charge < -0.3 is 10.4 Å². The van der Waals surface area contributed by atoms with Crippen molar-refractivity contribution in [3.8, 4) is 0 Å². The van der Waals surface area contributed by atoms with Crippen LogP contribution in [0.15, 0.2) is 24.3 Å². The molecule has 1 aliphatic rings. The molecule has 0 unspecified atom stereocenters. The third kappa shape index (κ3) is 4.68. The van der Waals surface area contributed by atoms with E-state index in [-0.39, 0.29) is 12.3 Å². The Bertz CT molecular complexity index is 461. The molecule has 0 spiro atoms. The van der Waals surface area contributed by atoms with Crippen LogP contribution in [0.4, 0.5) is 5.69 Å². The molecule has 0 radical (unpaired) electrons. The lowest BCUT2D eigenvalue weighted by molar-refractivity contribution is -0.136. The largest absolute Gasteiger partial charge is 0.481 e. The first-order valence-electron chi connectivity index (χ1n) is 7.24. The zero-order chi connectivity index (χ0) is 14.4. The predicted octanol–water partition coefficient (Wildman–Crippen LogP) is 3.22. The number of carbonyl (C=O) groups excluding carboxylic acids is 1. The van der Waals surface area contributed by atoms with Gasteiger partial charge in [0.05, 0.1) is 6.42 Å². The smallest absolute Gasteiger partial charge is 0.307 e. The van der Waals surface area contributed by atoms with Gasteiger partial charge in [0.15, 0.2) is 0 Å². The van der Waals surface area contributed by atoms with Crippen LogP contribution in [0.3, 0.4) is 0 Å². The van der Waals surface area contributed by atoms with Crippen molar-refractivity contribution in [2.75, 3.05) is 5.32 Å². The van der Waals surface area contributed by atoms with Crippen molar-refractivity contribution in [3.05, 3.63) is 29.8 Å². The molecule has 1 aliphatic carbocycles. The fourth-order valence-corrected chi connectivity index (χ4v) is 2.74. The van der Waals surface area contributed by atoms with Crippen molar-refractivity contribution >= 4 is 17.6 Å². The fourth-order valence-electron chi connectivity index (χ4n) is 2.74. The number of aliphatic carboxylic acids is 1. The van der Waals surface area contributed by atoms with Gasteiger partial charge in [-0.15, -0.1) is 0 Å². The number of carbonyl (C=O) groups is 2. The molecule has 0 aliphatic heterocycles. The monoisotopic (exact) mass is 275 g/mol. The average Bonchev–Trinajstić information content (AvgIpc) is 2.91. The maximum absolute atomic E-state index is 11.8. The van der Waals surface area contributed by atoms with Gasteiger partial charge in [0, 0.05) is 12.1 Å². The van der Waals surface area contributed by atoms with Gasteiger partial charge in [-0.1, -0.05) is 37.8 Å². The summed E-state index contributed by atoms with van der Waals surface area (Å²) in [5.74, 6) is -0.0834. The second-order valence-electron chi connectivity index (χ2n) is 5.50. The summed E-state index contributed by atoms with van der Waals surface area (Å²) in [6, 6.07) is 6.99. The average molecular weight is 275 g/mol. The first kappa shape index (κ1) is 14.6. The van der Waals surface area contributed by atoms with Crippen LogP contribution in [-0.4, -0.2) is 17.0 Å². The summed E-state index contributed by atoms with van der Waals surface area (Å²) in [5, 5.41) is 11.5. The lowest BCUT2D eigenvalue weighted by Crippen LogP contribution is -2.12. The van der Waals surface area contributed by atoms with Crippen LogP contribution in [0.5, 0.6) is 0 Å². The van der Waals surface area contributed by atoms with Crippen LogP contribution in [-0.2, 0) is 16.0 Å². The molecule has 0 heterocycles. The highest BCUT2D eigenvalue weighted by atomic mass is 16.4. The number of benzene rings is 1. The highest BCUT2D eigenvalue weighted by Gasteiger charge is 2.16. The van der Waals surface area contributed by atoms with Crippen LogP contribution in [0.25, 0.3) is 0 Å². The Balaban J connectivity index is 1.76. The number of anilines is 1. The fraction of sp³-hybridized carbons (Fsp3) is 0.500. The van der Waals surface area contributed by atoms with Gasteiger partial charge >= 0.3 is 5.97 Å². The van der Waals surface area contributed by atoms with Crippen LogP contribution < -0.4 is 5.32 Å². The summed E-state index contributed by atoms with van der Waals surface area (Å²) in [6.07, 6.45) is 6.68. The predicted molar refractivity (Wildman–Crippen MR) is 77.6 cm³/mol. The minimum Gasteiger partial charge on any atom is -0.481 e. The number of carboxylic acids is 1. The van der Waals surface area contributed by atoms with Crippen molar-refractivity contribution in [3.63, 3.8) is 0 Å². The van der Waals surface area contributed by atoms with E-state index in [2.05, 4.69) is 5.32 Å². The highest BCUT2D eigenvalue weighted by Crippen LogP contribution is 2.28. The second kappa shape index (κ2) is 7.08. The molecule has 0 aromatic heterocycles. The zero-order valence-corrected chi connectivity index (χ0v) is 11.6. The summed E-state index contributed by atoms with van der Waals surface area (Å²) in [7, 11) is 0. The lowest BCUT2D eigenvalue weighted by atomic mass is 10.0. The Morgan fingerprint density at radius 3 is 2.40 bits per heavy atom. The van der Waals surface area contributed by atoms with Crippen molar-refractivity contribution in [2.24, 2.45) is 5.92 Å². The minimum absolute atomic E-state index is 0.00983. The number of amides is 1. The summed E-state index contributed by atoms with van der Waals surface area (Å²) in [6.45, 7) is 0. The van der Waals surface area contributed by atoms with Gasteiger partial charge in [-0.25, -0.2) is 0 Å². The normalized spacial score (nSPS) is 15.2. The van der Waals surface area contributed by atoms with E-state index >= 15 is 0 Å². The summed E-state index contributed by atoms with van der Waals surface area (Å²) in [5.41, 5.74) is 1.47. The molecular formula is C16H21NO3. The Labute approximate surface area is 119 Å². The number of rotatable bonds is 6. The van der Waals surface area contributed by atoms with E-state index < -0.39 is 5.97 Å². The van der Waals surface area contributed by atoms with E-state index in [1.807, 2.05) is 0 Å². The third-order valence-electron chi connectivity index (χ3n) is 3.85. The molecule has 20 heavy (non-hydrogen) atoms. The quantitative estimate of drug-likeness (QED) is 0.837. The molecule has 108 valence electrons. The lowest BCUT2D eigenvalue weighted by Gasteiger charge is -2.09. The van der Waals surface area contributed by atoms with Crippen LogP contribution in [0.1, 0.15) is 44.1 Å². The van der Waals surface area contributed by atoms with Crippen molar-refractivity contribution < 1.29 is 14.7 Å². The van der Waals surface area contributed by atoms with E-state index in [0.29, 0.717) is 6.42 Å². The molecule has 1 fully saturated rings. The number of nitrogens with one attached hydrogen (secondary N) is 1. The molecule has 1 aromatic carbocycles. The molecule has 0 saturated heterocycles. The summed E-state index contributed by atoms with van der Waals surface area (Å²) in [4.78, 5) is 22.4. The number of carboxylic acid groups (broad SMARTS) is 1. The molecule has 1 amide bonds. The molecule has 0 atom stereocenters. The first-order valence-corrected chi connectivity index (χ1v) is 7.24. The number of hydrogen-bond acceptors (Lipinski definition) is 2. The van der Waals surface area contributed by atoms with Crippen LogP contribution in [0.2, 0.25) is 0 Å². The SMILES string of the molecule is O=C(O)Cc1ccc(NC(=O)CCC2CCCC2)cc1. The molecule has 2 N–H and O–H groups in total. The maximum Gasteiger partial charge on any atom is 0.307 e. The van der Waals surface area contributed by atoms with Crippen molar-refractivity contribution in [2.45, 2.75) is 44.9 Å². The summed E-state index contributed by atoms with van der Waals surface area (Å²) < 4.78 is 0. The van der Waals surface area contributed by atoms with Gasteiger partial charge in [0.25, 0.3) is 0 Å². The van der Waals surface area contributed by atoms with Gasteiger partial charge in [0.1, 0.15) is 0 Å². The standard InChI is InChI=1S/C16H21NO3/c18-15(10-7-12-3-1-2-4-12)17-14-8-5-13(6-9-14)11-16(19)20/h5-6,8-9,12H,1-4,7,10-11H2,(H,17,18)(H,19,20). The van der Waals surface area contributed by atoms with Crippen LogP contribution in [0, 0.1) is 5.92 Å². The van der Waals surface area contributed by atoms with Gasteiger partial charge in [-0.05, 0) is 30.0 Å². The Morgan fingerprint density at radius 1 is 1.15 bits per heavy atom. The van der Waals surface area contributed by atoms with Gasteiger partial charge in [0.2, 0.25) is 5.91 Å². The van der Waals surface area contributed by atoms with E-state index in [4.69, 9.17) is 5.11 Å². The van der Waals surface area contributed by atoms with E-state index in [1.165, 1.54) is 25.7 Å². The first-order chi connectivity index (χ1) is 9.63. The maximum atomic E-state index is 11.8. The molecule has 0 bridgehead atoms. The van der Waals surface area contributed by atoms with Crippen molar-refractivity contribution in [1.29, 1.82) is 0 Å². The summed E-state index contributed by atoms with van der Waals surface area (Å²) >= 11 is 0. The van der Waals surface area contributed by atoms with E-state index in [0.717, 1.165) is 23.6 Å². The Morgan fingerprint density at radius 2 is 1.80 bits per heavy atom. The van der Waals surface area contributed by atoms with Crippen molar-refractivity contribution in [1.82, 2.24) is 0 Å². The number of hydrogen-bond donors (Lipinski definition) is 2. The van der Waals surface area contributed by atoms with Gasteiger partial charge in [-0.2, -0.15) is 0 Å². The molecule has 4 heteroatoms. The molecular weight excluding hydrogens is 254 g/mol. The molecule has 2 rings (SSSR count). The minimum atomic E-state index is -0.849. The Hall–Kier alpha value is -1.84. The van der Waals surface area contributed by atoms with E-state index in [9.17, 15) is 9.59 Å². The third-order valence-corrected chi connectivity index (χ3v) is 3.85. The second-order valence-corrected chi connectivity index (χ2v) is 5.50. The zero-order valence-electron chi connectivity index (χ0n) is 11.6. The molecule has 1 aromatic rings. The van der Waals surface area contributed by atoms with Crippen LogP contribution >= 0.6 is 0 Å². The topological polar surface area (TPSA) is 66.4 Å².